The highest BCUT2D eigenvalue weighted by atomic mass is 16.3. The van der Waals surface area contributed by atoms with Crippen molar-refractivity contribution in [3.05, 3.63) is 70.8 Å². The predicted molar refractivity (Wildman–Crippen MR) is 165 cm³/mol. The second-order valence-corrected chi connectivity index (χ2v) is 15.2. The molecule has 0 atom stereocenters. The molecule has 0 saturated carbocycles. The van der Waals surface area contributed by atoms with Gasteiger partial charge in [0.1, 0.15) is 11.5 Å². The molecule has 2 heteroatoms. The van der Waals surface area contributed by atoms with Crippen molar-refractivity contribution >= 4 is 21.5 Å². The van der Waals surface area contributed by atoms with Gasteiger partial charge in [-0.2, -0.15) is 0 Å². The van der Waals surface area contributed by atoms with Crippen LogP contribution >= 0.6 is 0 Å². The van der Waals surface area contributed by atoms with Gasteiger partial charge in [0.2, 0.25) is 0 Å². The largest absolute Gasteiger partial charge is 0.507 e. The van der Waals surface area contributed by atoms with Gasteiger partial charge in [-0.05, 0) is 66.5 Å². The summed E-state index contributed by atoms with van der Waals surface area (Å²) in [6.07, 6.45) is 0. The zero-order valence-electron chi connectivity index (χ0n) is 25.5. The monoisotopic (exact) mass is 510 g/mol. The number of phenols is 2. The Kier molecular flexibility index (Phi) is 6.46. The van der Waals surface area contributed by atoms with E-state index in [1.54, 1.807) is 0 Å². The van der Waals surface area contributed by atoms with Gasteiger partial charge in [0.05, 0.1) is 0 Å². The van der Waals surface area contributed by atoms with Crippen LogP contribution in [0.3, 0.4) is 0 Å². The molecule has 0 radical (unpaired) electrons. The Morgan fingerprint density at radius 2 is 0.737 bits per heavy atom. The Hall–Kier alpha value is -3.00. The highest BCUT2D eigenvalue weighted by Crippen LogP contribution is 2.51. The van der Waals surface area contributed by atoms with E-state index in [9.17, 15) is 10.2 Å². The van der Waals surface area contributed by atoms with Crippen molar-refractivity contribution in [1.82, 2.24) is 0 Å². The van der Waals surface area contributed by atoms with Gasteiger partial charge >= 0.3 is 0 Å². The first kappa shape index (κ1) is 28.0. The third-order valence-electron chi connectivity index (χ3n) is 7.82. The van der Waals surface area contributed by atoms with Crippen molar-refractivity contribution in [2.75, 3.05) is 0 Å². The maximum absolute atomic E-state index is 12.0. The second kappa shape index (κ2) is 8.76. The van der Waals surface area contributed by atoms with Gasteiger partial charge in [-0.3, -0.25) is 0 Å². The van der Waals surface area contributed by atoms with Crippen LogP contribution in [-0.2, 0) is 21.7 Å². The van der Waals surface area contributed by atoms with E-state index < -0.39 is 0 Å². The molecular weight excluding hydrogens is 464 g/mol. The Labute approximate surface area is 229 Å². The Bertz CT molecular complexity index is 1420. The minimum absolute atomic E-state index is 0.00151. The van der Waals surface area contributed by atoms with Crippen molar-refractivity contribution in [3.63, 3.8) is 0 Å². The Morgan fingerprint density at radius 1 is 0.421 bits per heavy atom. The standard InChI is InChI=1S/C36H46O2/c1-33(2,3)23-13-15-25-21(17-23)19-27(35(7,8)9)31(37)29(25)30-26-16-14-24(34(4,5)6)18-22(26)20-28(32(30)38)36(10,11)12/h13-20,37-38H,1-12H3. The number of hydrogen-bond donors (Lipinski definition) is 2. The first-order valence-electron chi connectivity index (χ1n) is 13.8. The van der Waals surface area contributed by atoms with E-state index in [1.807, 2.05) is 0 Å². The lowest BCUT2D eigenvalue weighted by molar-refractivity contribution is 0.442. The molecule has 4 aromatic carbocycles. The average Bonchev–Trinajstić information content (AvgIpc) is 2.75. The maximum Gasteiger partial charge on any atom is 0.127 e. The third kappa shape index (κ3) is 4.91. The van der Waals surface area contributed by atoms with Gasteiger partial charge < -0.3 is 10.2 Å². The normalized spacial score (nSPS) is 13.5. The average molecular weight is 511 g/mol. The predicted octanol–water partition coefficient (Wildman–Crippen LogP) is 10.3. The van der Waals surface area contributed by atoms with E-state index >= 15 is 0 Å². The van der Waals surface area contributed by atoms with Crippen molar-refractivity contribution < 1.29 is 10.2 Å². The maximum atomic E-state index is 12.0. The fraction of sp³-hybridized carbons (Fsp3) is 0.444. The molecule has 0 aromatic heterocycles. The van der Waals surface area contributed by atoms with Crippen LogP contribution in [0.25, 0.3) is 32.7 Å². The van der Waals surface area contributed by atoms with Crippen molar-refractivity contribution in [3.8, 4) is 22.6 Å². The van der Waals surface area contributed by atoms with Crippen LogP contribution in [0.1, 0.15) is 105 Å². The van der Waals surface area contributed by atoms with E-state index in [0.717, 1.165) is 32.7 Å². The topological polar surface area (TPSA) is 40.5 Å². The number of rotatable bonds is 1. The van der Waals surface area contributed by atoms with Gasteiger partial charge in [-0.1, -0.05) is 119 Å². The summed E-state index contributed by atoms with van der Waals surface area (Å²) in [6.45, 7) is 26.1. The first-order chi connectivity index (χ1) is 17.2. The van der Waals surface area contributed by atoms with Crippen LogP contribution in [0.2, 0.25) is 0 Å². The summed E-state index contributed by atoms with van der Waals surface area (Å²) in [4.78, 5) is 0. The molecule has 0 aliphatic heterocycles. The molecule has 4 aromatic rings. The van der Waals surface area contributed by atoms with Crippen molar-refractivity contribution in [2.24, 2.45) is 0 Å². The van der Waals surface area contributed by atoms with Crippen LogP contribution in [0.15, 0.2) is 48.5 Å². The SMILES string of the molecule is CC(C)(C)c1ccc2c(-c3c(O)c(C(C)(C)C)cc4cc(C(C)(C)C)ccc34)c(O)c(C(C)(C)C)cc2c1. The molecule has 0 spiro atoms. The summed E-state index contributed by atoms with van der Waals surface area (Å²) in [7, 11) is 0. The highest BCUT2D eigenvalue weighted by Gasteiger charge is 2.30. The highest BCUT2D eigenvalue weighted by molar-refractivity contribution is 6.11. The summed E-state index contributed by atoms with van der Waals surface area (Å²) in [5, 5.41) is 28.0. The first-order valence-corrected chi connectivity index (χ1v) is 13.8. The van der Waals surface area contributed by atoms with E-state index in [1.165, 1.54) is 11.1 Å². The van der Waals surface area contributed by atoms with Crippen molar-refractivity contribution in [2.45, 2.75) is 105 Å². The summed E-state index contributed by atoms with van der Waals surface area (Å²) in [5.74, 6) is 0.493. The van der Waals surface area contributed by atoms with E-state index in [4.69, 9.17) is 0 Å². The van der Waals surface area contributed by atoms with Crippen LogP contribution in [0, 0.1) is 0 Å². The molecule has 0 heterocycles. The number of aromatic hydroxyl groups is 2. The van der Waals surface area contributed by atoms with Gasteiger partial charge in [-0.15, -0.1) is 0 Å². The minimum atomic E-state index is -0.281. The van der Waals surface area contributed by atoms with E-state index in [2.05, 4.69) is 132 Å². The lowest BCUT2D eigenvalue weighted by atomic mass is 9.77. The van der Waals surface area contributed by atoms with Gasteiger partial charge in [-0.25, -0.2) is 0 Å². The smallest absolute Gasteiger partial charge is 0.127 e. The van der Waals surface area contributed by atoms with E-state index in [0.29, 0.717) is 11.1 Å². The summed E-state index contributed by atoms with van der Waals surface area (Å²) >= 11 is 0. The fourth-order valence-corrected chi connectivity index (χ4v) is 5.37. The van der Waals surface area contributed by atoms with E-state index in [-0.39, 0.29) is 33.2 Å². The molecule has 0 unspecified atom stereocenters. The lowest BCUT2D eigenvalue weighted by Gasteiger charge is -2.28. The fourth-order valence-electron chi connectivity index (χ4n) is 5.37. The van der Waals surface area contributed by atoms with Crippen LogP contribution in [0.5, 0.6) is 11.5 Å². The molecule has 0 aliphatic carbocycles. The summed E-state index contributed by atoms with van der Waals surface area (Å²) in [5.41, 5.74) is 5.11. The van der Waals surface area contributed by atoms with Gasteiger partial charge in [0, 0.05) is 22.3 Å². The molecular formula is C36H46O2. The number of fused-ring (bicyclic) bond motifs is 2. The Morgan fingerprint density at radius 3 is 1.00 bits per heavy atom. The molecule has 4 rings (SSSR count). The number of phenolic OH excluding ortho intramolecular Hbond substituents is 2. The number of benzene rings is 4. The molecule has 202 valence electrons. The number of hydrogen-bond acceptors (Lipinski definition) is 2. The van der Waals surface area contributed by atoms with Crippen LogP contribution < -0.4 is 0 Å². The summed E-state index contributed by atoms with van der Waals surface area (Å²) < 4.78 is 0. The van der Waals surface area contributed by atoms with Gasteiger partial charge in [0.25, 0.3) is 0 Å². The lowest BCUT2D eigenvalue weighted by Crippen LogP contribution is -2.14. The molecule has 0 fully saturated rings. The summed E-state index contributed by atoms with van der Waals surface area (Å²) in [6, 6.07) is 17.3. The third-order valence-corrected chi connectivity index (χ3v) is 7.82. The van der Waals surface area contributed by atoms with Crippen LogP contribution in [-0.4, -0.2) is 10.2 Å². The molecule has 0 amide bonds. The zero-order chi connectivity index (χ0) is 28.6. The second-order valence-electron chi connectivity index (χ2n) is 15.2. The molecule has 0 saturated heterocycles. The molecule has 2 nitrogen and oxygen atoms in total. The quantitative estimate of drug-likeness (QED) is 0.267. The Balaban J connectivity index is 2.26. The van der Waals surface area contributed by atoms with Gasteiger partial charge in [0.15, 0.2) is 0 Å². The molecule has 2 N–H and O–H groups in total. The molecule has 0 aliphatic rings. The van der Waals surface area contributed by atoms with Crippen LogP contribution in [0.4, 0.5) is 0 Å². The molecule has 0 bridgehead atoms. The zero-order valence-corrected chi connectivity index (χ0v) is 25.5. The molecule has 38 heavy (non-hydrogen) atoms. The minimum Gasteiger partial charge on any atom is -0.507 e. The van der Waals surface area contributed by atoms with Crippen molar-refractivity contribution in [1.29, 1.82) is 0 Å².